The van der Waals surface area contributed by atoms with E-state index in [1.807, 2.05) is 51.1 Å². The highest BCUT2D eigenvalue weighted by molar-refractivity contribution is 8.00. The van der Waals surface area contributed by atoms with Crippen LogP contribution in [0.5, 0.6) is 5.75 Å². The summed E-state index contributed by atoms with van der Waals surface area (Å²) in [5, 5.41) is 21.4. The first-order chi connectivity index (χ1) is 16.9. The van der Waals surface area contributed by atoms with Crippen molar-refractivity contribution in [2.24, 2.45) is 4.99 Å². The summed E-state index contributed by atoms with van der Waals surface area (Å²) < 4.78 is 10.6. The van der Waals surface area contributed by atoms with Crippen molar-refractivity contribution in [2.45, 2.75) is 44.2 Å². The number of hydrogen-bond donors (Lipinski definition) is 2. The molecule has 1 saturated heterocycles. The Hall–Kier alpha value is -3.37. The molecule has 2 aliphatic rings. The number of rotatable bonds is 6. The van der Waals surface area contributed by atoms with Crippen molar-refractivity contribution in [1.82, 2.24) is 4.90 Å². The summed E-state index contributed by atoms with van der Waals surface area (Å²) >= 11 is 1.29. The molecule has 0 aliphatic carbocycles. The van der Waals surface area contributed by atoms with Crippen molar-refractivity contribution in [1.29, 1.82) is 0 Å². The molecule has 2 atom stereocenters. The van der Waals surface area contributed by atoms with Crippen LogP contribution in [0.3, 0.4) is 0 Å². The number of nitrogens with zero attached hydrogens (tertiary/aromatic N) is 2. The Bertz CT molecular complexity index is 1330. The van der Waals surface area contributed by atoms with Gasteiger partial charge in [0.25, 0.3) is 11.6 Å². The van der Waals surface area contributed by atoms with Gasteiger partial charge in [-0.05, 0) is 16.9 Å². The van der Waals surface area contributed by atoms with Crippen LogP contribution in [0.25, 0.3) is 10.8 Å². The molecule has 0 unspecified atom stereocenters. The molecule has 2 heterocycles. The summed E-state index contributed by atoms with van der Waals surface area (Å²) in [7, 11) is 1.36. The molecule has 0 radical (unpaired) electrons. The number of carbonyl (C=O) groups excluding carboxylic acids is 2. The maximum Gasteiger partial charge on any atom is 0.352 e. The van der Waals surface area contributed by atoms with Crippen molar-refractivity contribution < 1.29 is 34.1 Å². The summed E-state index contributed by atoms with van der Waals surface area (Å²) in [5.41, 5.74) is -0.412. The number of β-lactam (4-membered cyclic amide) rings is 1. The number of ether oxygens (including phenoxy) is 2. The van der Waals surface area contributed by atoms with Gasteiger partial charge in [0, 0.05) is 48.1 Å². The van der Waals surface area contributed by atoms with Gasteiger partial charge in [-0.25, -0.2) is 9.79 Å². The van der Waals surface area contributed by atoms with Crippen molar-refractivity contribution >= 4 is 46.6 Å². The van der Waals surface area contributed by atoms with E-state index in [-0.39, 0.29) is 29.2 Å². The zero-order valence-electron chi connectivity index (χ0n) is 20.7. The molecule has 1 amide bonds. The van der Waals surface area contributed by atoms with Gasteiger partial charge in [-0.15, -0.1) is 11.8 Å². The first kappa shape index (κ1) is 25.7. The molecule has 36 heavy (non-hydrogen) atoms. The number of carboxylic acids is 1. The Morgan fingerprint density at radius 2 is 1.94 bits per heavy atom. The van der Waals surface area contributed by atoms with E-state index in [9.17, 15) is 24.6 Å². The quantitative estimate of drug-likeness (QED) is 0.343. The average Bonchev–Trinajstić information content (AvgIpc) is 2.82. The third-order valence-electron chi connectivity index (χ3n) is 6.30. The largest absolute Gasteiger partial charge is 0.507 e. The number of carbonyl (C=O) groups is 3. The van der Waals surface area contributed by atoms with Gasteiger partial charge >= 0.3 is 11.9 Å². The lowest BCUT2D eigenvalue weighted by atomic mass is 9.83. The summed E-state index contributed by atoms with van der Waals surface area (Å²) in [6.07, 6.45) is 1.55. The Labute approximate surface area is 212 Å². The first-order valence-corrected chi connectivity index (χ1v) is 12.4. The van der Waals surface area contributed by atoms with E-state index >= 15 is 0 Å². The molecule has 1 fully saturated rings. The number of phenols is 1. The molecule has 0 bridgehead atoms. The lowest BCUT2D eigenvalue weighted by Crippen LogP contribution is -2.73. The molecule has 2 aromatic rings. The van der Waals surface area contributed by atoms with Gasteiger partial charge < -0.3 is 19.7 Å². The number of carboxylic acid groups (broad SMARTS) is 1. The molecule has 190 valence electrons. The predicted molar refractivity (Wildman–Crippen MR) is 136 cm³/mol. The second-order valence-electron chi connectivity index (χ2n) is 9.69. The minimum absolute atomic E-state index is 0.196. The van der Waals surface area contributed by atoms with Crippen LogP contribution in [0, 0.1) is 0 Å². The second kappa shape index (κ2) is 9.25. The van der Waals surface area contributed by atoms with Crippen LogP contribution < -0.4 is 0 Å². The fourth-order valence-electron chi connectivity index (χ4n) is 4.46. The third-order valence-corrected chi connectivity index (χ3v) is 7.66. The lowest BCUT2D eigenvalue weighted by molar-refractivity contribution is -0.182. The topological polar surface area (TPSA) is 126 Å². The van der Waals surface area contributed by atoms with Crippen LogP contribution in [0.2, 0.25) is 0 Å². The number of methoxy groups -OCH3 is 1. The monoisotopic (exact) mass is 512 g/mol. The Kier molecular flexibility index (Phi) is 6.61. The van der Waals surface area contributed by atoms with Crippen LogP contribution in [-0.2, 0) is 29.3 Å². The fourth-order valence-corrected chi connectivity index (χ4v) is 5.88. The second-order valence-corrected chi connectivity index (χ2v) is 10.8. The van der Waals surface area contributed by atoms with E-state index < -0.39 is 28.9 Å². The number of aliphatic carboxylic acids is 1. The van der Waals surface area contributed by atoms with Gasteiger partial charge in [0.15, 0.2) is 0 Å². The van der Waals surface area contributed by atoms with Gasteiger partial charge in [0.1, 0.15) is 23.4 Å². The Balaban J connectivity index is 1.75. The van der Waals surface area contributed by atoms with E-state index in [1.165, 1.54) is 25.8 Å². The molecular formula is C26H28N2O7S. The van der Waals surface area contributed by atoms with Gasteiger partial charge in [-0.1, -0.05) is 45.0 Å². The van der Waals surface area contributed by atoms with E-state index in [2.05, 4.69) is 4.99 Å². The molecule has 10 heteroatoms. The van der Waals surface area contributed by atoms with E-state index in [0.29, 0.717) is 16.5 Å². The van der Waals surface area contributed by atoms with Crippen LogP contribution in [0.4, 0.5) is 0 Å². The van der Waals surface area contributed by atoms with Crippen LogP contribution in [0.1, 0.15) is 38.8 Å². The number of benzene rings is 2. The van der Waals surface area contributed by atoms with Crippen LogP contribution >= 0.6 is 11.8 Å². The smallest absolute Gasteiger partial charge is 0.352 e. The maximum absolute atomic E-state index is 13.3. The number of fused-ring (bicyclic) bond motifs is 2. The average molecular weight is 513 g/mol. The van der Waals surface area contributed by atoms with Crippen molar-refractivity contribution in [3.63, 3.8) is 0 Å². The summed E-state index contributed by atoms with van der Waals surface area (Å²) in [5.74, 6) is -2.01. The molecular weight excluding hydrogens is 484 g/mol. The number of aliphatic imine (C=N–C) groups is 1. The number of aromatic hydroxyl groups is 1. The fraction of sp³-hybridized carbons (Fsp3) is 0.385. The molecule has 2 aromatic carbocycles. The summed E-state index contributed by atoms with van der Waals surface area (Å²) in [6.45, 7) is 7.00. The first-order valence-electron chi connectivity index (χ1n) is 11.3. The number of amides is 1. The highest BCUT2D eigenvalue weighted by atomic mass is 32.2. The zero-order valence-corrected chi connectivity index (χ0v) is 21.5. The number of esters is 1. The number of phenolic OH excluding ortho intramolecular Hbond substituents is 1. The van der Waals surface area contributed by atoms with Crippen LogP contribution in [0.15, 0.2) is 46.6 Å². The molecule has 0 aromatic heterocycles. The Morgan fingerprint density at radius 3 is 2.53 bits per heavy atom. The molecule has 9 nitrogen and oxygen atoms in total. The third kappa shape index (κ3) is 4.14. The predicted octanol–water partition coefficient (Wildman–Crippen LogP) is 3.42. The van der Waals surface area contributed by atoms with Gasteiger partial charge in [0.05, 0.1) is 0 Å². The van der Waals surface area contributed by atoms with E-state index in [0.717, 1.165) is 15.8 Å². The van der Waals surface area contributed by atoms with Crippen molar-refractivity contribution in [2.75, 3.05) is 19.5 Å². The van der Waals surface area contributed by atoms with Crippen molar-refractivity contribution in [3.8, 4) is 5.75 Å². The minimum atomic E-state index is -1.61. The van der Waals surface area contributed by atoms with Gasteiger partial charge in [-0.3, -0.25) is 14.5 Å². The highest BCUT2D eigenvalue weighted by Gasteiger charge is 2.66. The Morgan fingerprint density at radius 1 is 1.28 bits per heavy atom. The van der Waals surface area contributed by atoms with E-state index in [1.54, 1.807) is 6.21 Å². The maximum atomic E-state index is 13.3. The lowest BCUT2D eigenvalue weighted by Gasteiger charge is -2.53. The normalized spacial score (nSPS) is 22.1. The molecule has 4 rings (SSSR count). The van der Waals surface area contributed by atoms with Crippen LogP contribution in [-0.4, -0.2) is 69.7 Å². The van der Waals surface area contributed by atoms with Gasteiger partial charge in [-0.2, -0.15) is 0 Å². The van der Waals surface area contributed by atoms with Crippen molar-refractivity contribution in [3.05, 3.63) is 52.7 Å². The molecule has 2 N–H and O–H groups in total. The minimum Gasteiger partial charge on any atom is -0.507 e. The standard InChI is InChI=1S/C26H28N2O7S/c1-14(29)35-12-16-13-36-24-26(34-5,23(33)28(24)20(16)22(31)32)27-11-15-10-19(25(2,3)4)21(30)18-9-7-6-8-17(15)18/h6-11,24,30H,12-13H2,1-5H3,(H,31,32)/t24-,26+/m1/s1. The zero-order chi connectivity index (χ0) is 26.4. The summed E-state index contributed by atoms with van der Waals surface area (Å²) in [4.78, 5) is 42.3. The molecule has 0 spiro atoms. The number of hydrogen-bond acceptors (Lipinski definition) is 8. The van der Waals surface area contributed by atoms with E-state index in [4.69, 9.17) is 9.47 Å². The molecule has 2 aliphatic heterocycles. The highest BCUT2D eigenvalue weighted by Crippen LogP contribution is 2.49. The number of thioether (sulfide) groups is 1. The summed E-state index contributed by atoms with van der Waals surface area (Å²) in [6, 6.07) is 9.22. The SMILES string of the molecule is CO[C@@]1(N=Cc2cc(C(C)(C)C)c(O)c3ccccc23)C(=O)N2C(C(=O)O)=C(COC(C)=O)CS[C@@H]21. The van der Waals surface area contributed by atoms with Gasteiger partial charge in [0.2, 0.25) is 0 Å². The molecule has 0 saturated carbocycles.